The number of aryl methyl sites for hydroxylation is 1. The van der Waals surface area contributed by atoms with Gasteiger partial charge in [-0.25, -0.2) is 9.48 Å². The van der Waals surface area contributed by atoms with E-state index in [9.17, 15) is 4.79 Å². The molecule has 0 radical (unpaired) electrons. The summed E-state index contributed by atoms with van der Waals surface area (Å²) in [5.74, 6) is -0.473. The van der Waals surface area contributed by atoms with Crippen molar-refractivity contribution in [2.75, 3.05) is 14.2 Å². The van der Waals surface area contributed by atoms with Crippen LogP contribution < -0.4 is 0 Å². The zero-order valence-corrected chi connectivity index (χ0v) is 10.6. The number of methoxy groups -OCH3 is 2. The number of carbonyl (C=O) groups is 1. The fourth-order valence-corrected chi connectivity index (χ4v) is 1.56. The van der Waals surface area contributed by atoms with Gasteiger partial charge in [0.1, 0.15) is 0 Å². The highest BCUT2D eigenvalue weighted by Crippen LogP contribution is 2.10. The van der Waals surface area contributed by atoms with Crippen LogP contribution in [0.2, 0.25) is 0 Å². The molecule has 0 N–H and O–H groups in total. The van der Waals surface area contributed by atoms with Gasteiger partial charge in [0.2, 0.25) is 0 Å². The Morgan fingerprint density at radius 3 is 2.71 bits per heavy atom. The van der Waals surface area contributed by atoms with E-state index >= 15 is 0 Å². The Bertz CT molecular complexity index is 363. The summed E-state index contributed by atoms with van der Waals surface area (Å²) in [6, 6.07) is 0. The zero-order chi connectivity index (χ0) is 12.7. The predicted octanol–water partition coefficient (Wildman–Crippen LogP) is 1.40. The molecule has 96 valence electrons. The molecule has 6 nitrogen and oxygen atoms in total. The number of unbranched alkanes of at least 4 members (excludes halogenated alkanes) is 2. The third kappa shape index (κ3) is 3.52. The maximum atomic E-state index is 11.5. The van der Waals surface area contributed by atoms with E-state index in [1.807, 2.05) is 0 Å². The van der Waals surface area contributed by atoms with Gasteiger partial charge in [-0.05, 0) is 6.42 Å². The molecule has 0 aromatic carbocycles. The van der Waals surface area contributed by atoms with E-state index in [0.717, 1.165) is 25.8 Å². The molecule has 6 heteroatoms. The van der Waals surface area contributed by atoms with E-state index in [0.29, 0.717) is 12.3 Å². The van der Waals surface area contributed by atoms with Gasteiger partial charge in [0.25, 0.3) is 0 Å². The maximum absolute atomic E-state index is 11.5. The van der Waals surface area contributed by atoms with Crippen molar-refractivity contribution >= 4 is 5.97 Å². The molecule has 0 aliphatic heterocycles. The molecule has 0 aliphatic rings. The molecule has 1 heterocycles. The van der Waals surface area contributed by atoms with E-state index in [2.05, 4.69) is 22.0 Å². The second kappa shape index (κ2) is 7.01. The summed E-state index contributed by atoms with van der Waals surface area (Å²) >= 11 is 0. The van der Waals surface area contributed by atoms with E-state index in [-0.39, 0.29) is 5.69 Å². The molecular formula is C11H19N3O3. The van der Waals surface area contributed by atoms with Crippen LogP contribution >= 0.6 is 0 Å². The number of ether oxygens (including phenoxy) is 2. The largest absolute Gasteiger partial charge is 0.464 e. The molecule has 0 unspecified atom stereocenters. The highest BCUT2D eigenvalue weighted by molar-refractivity contribution is 5.88. The standard InChI is InChI=1S/C11H19N3O3/c1-4-5-6-7-14-9(8-16-2)10(12-13-14)11(15)17-3/h4-8H2,1-3H3. The van der Waals surface area contributed by atoms with Crippen molar-refractivity contribution in [2.24, 2.45) is 0 Å². The van der Waals surface area contributed by atoms with Crippen molar-refractivity contribution in [3.8, 4) is 0 Å². The van der Waals surface area contributed by atoms with Gasteiger partial charge in [0.15, 0.2) is 5.69 Å². The third-order valence-corrected chi connectivity index (χ3v) is 2.47. The van der Waals surface area contributed by atoms with Crippen LogP contribution in [0, 0.1) is 0 Å². The molecule has 0 fully saturated rings. The monoisotopic (exact) mass is 241 g/mol. The lowest BCUT2D eigenvalue weighted by molar-refractivity contribution is 0.0588. The number of carbonyl (C=O) groups excluding carboxylic acids is 1. The first-order chi connectivity index (χ1) is 8.24. The van der Waals surface area contributed by atoms with E-state index in [4.69, 9.17) is 4.74 Å². The number of nitrogens with zero attached hydrogens (tertiary/aromatic N) is 3. The van der Waals surface area contributed by atoms with Crippen LogP contribution in [0.1, 0.15) is 42.4 Å². The lowest BCUT2D eigenvalue weighted by Gasteiger charge is -2.06. The fourth-order valence-electron chi connectivity index (χ4n) is 1.56. The van der Waals surface area contributed by atoms with Crippen LogP contribution in [0.4, 0.5) is 0 Å². The number of rotatable bonds is 7. The highest BCUT2D eigenvalue weighted by atomic mass is 16.5. The van der Waals surface area contributed by atoms with Crippen molar-refractivity contribution in [1.29, 1.82) is 0 Å². The van der Waals surface area contributed by atoms with Gasteiger partial charge in [-0.3, -0.25) is 0 Å². The van der Waals surface area contributed by atoms with Crippen molar-refractivity contribution in [2.45, 2.75) is 39.3 Å². The van der Waals surface area contributed by atoms with Crippen LogP contribution in [-0.2, 0) is 22.6 Å². The molecule has 0 bridgehead atoms. The van der Waals surface area contributed by atoms with Gasteiger partial charge in [-0.2, -0.15) is 0 Å². The average molecular weight is 241 g/mol. The Hall–Kier alpha value is -1.43. The smallest absolute Gasteiger partial charge is 0.360 e. The van der Waals surface area contributed by atoms with Crippen molar-refractivity contribution in [3.05, 3.63) is 11.4 Å². The number of esters is 1. The van der Waals surface area contributed by atoms with Crippen LogP contribution in [0.25, 0.3) is 0 Å². The molecule has 17 heavy (non-hydrogen) atoms. The zero-order valence-electron chi connectivity index (χ0n) is 10.6. The minimum atomic E-state index is -0.473. The third-order valence-electron chi connectivity index (χ3n) is 2.47. The van der Waals surface area contributed by atoms with E-state index in [1.165, 1.54) is 7.11 Å². The average Bonchev–Trinajstić information content (AvgIpc) is 2.73. The number of hydrogen-bond donors (Lipinski definition) is 0. The first-order valence-electron chi connectivity index (χ1n) is 5.74. The van der Waals surface area contributed by atoms with Crippen LogP contribution in [0.3, 0.4) is 0 Å². The van der Waals surface area contributed by atoms with E-state index in [1.54, 1.807) is 11.8 Å². The molecule has 0 atom stereocenters. The fraction of sp³-hybridized carbons (Fsp3) is 0.727. The van der Waals surface area contributed by atoms with Crippen LogP contribution in [0.5, 0.6) is 0 Å². The topological polar surface area (TPSA) is 66.2 Å². The van der Waals surface area contributed by atoms with Gasteiger partial charge < -0.3 is 9.47 Å². The molecule has 1 rings (SSSR count). The summed E-state index contributed by atoms with van der Waals surface area (Å²) in [4.78, 5) is 11.5. The molecular weight excluding hydrogens is 222 g/mol. The summed E-state index contributed by atoms with van der Waals surface area (Å²) in [5.41, 5.74) is 0.918. The van der Waals surface area contributed by atoms with Crippen molar-refractivity contribution < 1.29 is 14.3 Å². The lowest BCUT2D eigenvalue weighted by Crippen LogP contribution is -2.10. The predicted molar refractivity (Wildman–Crippen MR) is 61.6 cm³/mol. The van der Waals surface area contributed by atoms with Crippen LogP contribution in [-0.4, -0.2) is 35.2 Å². The molecule has 0 aliphatic carbocycles. The molecule has 0 saturated carbocycles. The molecule has 1 aromatic heterocycles. The SMILES string of the molecule is CCCCCn1nnc(C(=O)OC)c1COC. The summed E-state index contributed by atoms with van der Waals surface area (Å²) in [6.07, 6.45) is 3.27. The second-order valence-electron chi connectivity index (χ2n) is 3.74. The normalized spacial score (nSPS) is 10.5. The molecule has 0 saturated heterocycles. The van der Waals surface area contributed by atoms with Gasteiger partial charge >= 0.3 is 5.97 Å². The van der Waals surface area contributed by atoms with Crippen molar-refractivity contribution in [1.82, 2.24) is 15.0 Å². The molecule has 0 spiro atoms. The van der Waals surface area contributed by atoms with Gasteiger partial charge in [-0.1, -0.05) is 25.0 Å². The minimum Gasteiger partial charge on any atom is -0.464 e. The summed E-state index contributed by atoms with van der Waals surface area (Å²) in [6.45, 7) is 3.19. The summed E-state index contributed by atoms with van der Waals surface area (Å²) < 4.78 is 11.4. The summed E-state index contributed by atoms with van der Waals surface area (Å²) in [7, 11) is 2.90. The highest BCUT2D eigenvalue weighted by Gasteiger charge is 2.19. The van der Waals surface area contributed by atoms with E-state index < -0.39 is 5.97 Å². The first-order valence-corrected chi connectivity index (χ1v) is 5.74. The number of hydrogen-bond acceptors (Lipinski definition) is 5. The van der Waals surface area contributed by atoms with Gasteiger partial charge in [0.05, 0.1) is 19.4 Å². The quantitative estimate of drug-likeness (QED) is 0.533. The summed E-state index contributed by atoms with van der Waals surface area (Å²) in [5, 5.41) is 7.80. The maximum Gasteiger partial charge on any atom is 0.360 e. The lowest BCUT2D eigenvalue weighted by atomic mass is 10.2. The van der Waals surface area contributed by atoms with Crippen molar-refractivity contribution in [3.63, 3.8) is 0 Å². The molecule has 1 aromatic rings. The Morgan fingerprint density at radius 1 is 1.35 bits per heavy atom. The Labute approximate surface area is 101 Å². The number of aromatic nitrogens is 3. The Kier molecular flexibility index (Phi) is 5.62. The van der Waals surface area contributed by atoms with Crippen LogP contribution in [0.15, 0.2) is 0 Å². The van der Waals surface area contributed by atoms with Gasteiger partial charge in [0, 0.05) is 13.7 Å². The molecule has 0 amide bonds. The second-order valence-corrected chi connectivity index (χ2v) is 3.74. The Balaban J connectivity index is 2.82. The minimum absolute atomic E-state index is 0.242. The van der Waals surface area contributed by atoms with Gasteiger partial charge in [-0.15, -0.1) is 5.10 Å². The Morgan fingerprint density at radius 2 is 2.12 bits per heavy atom. The first kappa shape index (κ1) is 13.6.